The zero-order chi connectivity index (χ0) is 12.5. The van der Waals surface area contributed by atoms with E-state index in [9.17, 15) is 10.1 Å². The Hall–Kier alpha value is -1.79. The first-order valence-corrected chi connectivity index (χ1v) is 6.50. The van der Waals surface area contributed by atoms with Crippen LogP contribution in [0.25, 0.3) is 10.6 Å². The topological polar surface area (TPSA) is 68.1 Å². The third-order valence-corrected chi connectivity index (χ3v) is 4.05. The van der Waals surface area contributed by atoms with Crippen molar-refractivity contribution in [3.8, 4) is 10.6 Å². The summed E-state index contributed by atoms with van der Waals surface area (Å²) in [6, 6.07) is 6.65. The van der Waals surface area contributed by atoms with Gasteiger partial charge in [-0.2, -0.15) is 0 Å². The van der Waals surface area contributed by atoms with Crippen LogP contribution in [0.2, 0.25) is 0 Å². The fourth-order valence-electron chi connectivity index (χ4n) is 2.00. The highest BCUT2D eigenvalue weighted by Crippen LogP contribution is 2.31. The second kappa shape index (κ2) is 4.47. The van der Waals surface area contributed by atoms with Gasteiger partial charge < -0.3 is 5.32 Å². The number of nitro benzene ring substituents is 1. The van der Waals surface area contributed by atoms with Gasteiger partial charge in [0.1, 0.15) is 5.01 Å². The molecule has 1 aliphatic heterocycles. The van der Waals surface area contributed by atoms with E-state index >= 15 is 0 Å². The fourth-order valence-corrected chi connectivity index (χ4v) is 3.08. The van der Waals surface area contributed by atoms with Crippen molar-refractivity contribution >= 4 is 17.0 Å². The molecule has 1 aromatic heterocycles. The van der Waals surface area contributed by atoms with E-state index in [1.807, 2.05) is 6.07 Å². The summed E-state index contributed by atoms with van der Waals surface area (Å²) < 4.78 is 0. The molecule has 2 aromatic rings. The Morgan fingerprint density at radius 2 is 2.33 bits per heavy atom. The predicted molar refractivity (Wildman–Crippen MR) is 69.6 cm³/mol. The highest BCUT2D eigenvalue weighted by atomic mass is 32.1. The number of nitrogens with one attached hydrogen (secondary N) is 1. The average Bonchev–Trinajstić information content (AvgIpc) is 2.82. The molecule has 0 fully saturated rings. The van der Waals surface area contributed by atoms with Gasteiger partial charge in [-0.1, -0.05) is 12.1 Å². The minimum absolute atomic E-state index is 0.110. The maximum atomic E-state index is 10.8. The standard InChI is InChI=1S/C12H11N3O2S/c16-15(17)9-3-1-2-8(6-9)12-14-10-4-5-13-7-11(10)18-12/h1-3,6,13H,4-5,7H2. The van der Waals surface area contributed by atoms with Crippen LogP contribution in [0.1, 0.15) is 10.6 Å². The smallest absolute Gasteiger partial charge is 0.270 e. The first-order valence-electron chi connectivity index (χ1n) is 5.68. The third kappa shape index (κ3) is 2.00. The quantitative estimate of drug-likeness (QED) is 0.665. The highest BCUT2D eigenvalue weighted by Gasteiger charge is 2.16. The Balaban J connectivity index is 2.01. The Morgan fingerprint density at radius 3 is 3.11 bits per heavy atom. The molecule has 6 heteroatoms. The van der Waals surface area contributed by atoms with Gasteiger partial charge in [0.15, 0.2) is 0 Å². The minimum Gasteiger partial charge on any atom is -0.311 e. The van der Waals surface area contributed by atoms with E-state index in [-0.39, 0.29) is 10.6 Å². The molecule has 0 spiro atoms. The molecule has 18 heavy (non-hydrogen) atoms. The average molecular weight is 261 g/mol. The first-order chi connectivity index (χ1) is 8.74. The molecule has 1 aliphatic rings. The number of benzene rings is 1. The molecule has 92 valence electrons. The molecule has 0 atom stereocenters. The van der Waals surface area contributed by atoms with Crippen LogP contribution < -0.4 is 5.32 Å². The van der Waals surface area contributed by atoms with Crippen LogP contribution in [-0.4, -0.2) is 16.5 Å². The minimum atomic E-state index is -0.376. The molecule has 1 N–H and O–H groups in total. The van der Waals surface area contributed by atoms with Crippen molar-refractivity contribution in [2.45, 2.75) is 13.0 Å². The van der Waals surface area contributed by atoms with Gasteiger partial charge in [0.25, 0.3) is 5.69 Å². The Bertz CT molecular complexity index is 586. The maximum absolute atomic E-state index is 10.8. The zero-order valence-electron chi connectivity index (χ0n) is 9.55. The van der Waals surface area contributed by atoms with Crippen LogP contribution in [0, 0.1) is 10.1 Å². The third-order valence-electron chi connectivity index (χ3n) is 2.91. The Kier molecular flexibility index (Phi) is 2.81. The molecule has 0 saturated heterocycles. The van der Waals surface area contributed by atoms with E-state index in [4.69, 9.17) is 0 Å². The van der Waals surface area contributed by atoms with Crippen LogP contribution in [0.5, 0.6) is 0 Å². The number of rotatable bonds is 2. The number of hydrogen-bond acceptors (Lipinski definition) is 5. The number of fused-ring (bicyclic) bond motifs is 1. The fraction of sp³-hybridized carbons (Fsp3) is 0.250. The molecule has 0 amide bonds. The number of non-ortho nitro benzene ring substituents is 1. The number of nitro groups is 1. The lowest BCUT2D eigenvalue weighted by atomic mass is 10.2. The van der Waals surface area contributed by atoms with Gasteiger partial charge in [0.05, 0.1) is 10.6 Å². The Labute approximate surface area is 108 Å². The van der Waals surface area contributed by atoms with Crippen LogP contribution in [0.4, 0.5) is 5.69 Å². The molecule has 0 aliphatic carbocycles. The summed E-state index contributed by atoms with van der Waals surface area (Å²) in [4.78, 5) is 16.2. The molecule has 0 radical (unpaired) electrons. The van der Waals surface area contributed by atoms with Gasteiger partial charge in [-0.3, -0.25) is 10.1 Å². The summed E-state index contributed by atoms with van der Waals surface area (Å²) in [5.41, 5.74) is 2.06. The summed E-state index contributed by atoms with van der Waals surface area (Å²) in [7, 11) is 0. The first kappa shape index (κ1) is 11.3. The van der Waals surface area contributed by atoms with Gasteiger partial charge in [-0.15, -0.1) is 11.3 Å². The van der Waals surface area contributed by atoms with Crippen molar-refractivity contribution in [3.63, 3.8) is 0 Å². The molecular formula is C12H11N3O2S. The molecule has 5 nitrogen and oxygen atoms in total. The number of aromatic nitrogens is 1. The SMILES string of the molecule is O=[N+]([O-])c1cccc(-c2nc3c(s2)CNCC3)c1. The zero-order valence-corrected chi connectivity index (χ0v) is 10.4. The van der Waals surface area contributed by atoms with Gasteiger partial charge in [-0.05, 0) is 0 Å². The second-order valence-electron chi connectivity index (χ2n) is 4.12. The summed E-state index contributed by atoms with van der Waals surface area (Å²) in [5.74, 6) is 0. The van der Waals surface area contributed by atoms with Crippen LogP contribution in [-0.2, 0) is 13.0 Å². The lowest BCUT2D eigenvalue weighted by molar-refractivity contribution is -0.384. The van der Waals surface area contributed by atoms with Crippen LogP contribution >= 0.6 is 11.3 Å². The molecule has 3 rings (SSSR count). The molecule has 0 bridgehead atoms. The van der Waals surface area contributed by atoms with E-state index in [0.29, 0.717) is 0 Å². The van der Waals surface area contributed by atoms with E-state index in [1.165, 1.54) is 10.9 Å². The lowest BCUT2D eigenvalue weighted by Crippen LogP contribution is -2.22. The summed E-state index contributed by atoms with van der Waals surface area (Å²) in [5, 5.41) is 14.9. The predicted octanol–water partition coefficient (Wildman–Crippen LogP) is 2.36. The van der Waals surface area contributed by atoms with Crippen molar-refractivity contribution in [2.24, 2.45) is 0 Å². The van der Waals surface area contributed by atoms with E-state index in [0.717, 1.165) is 35.8 Å². The van der Waals surface area contributed by atoms with Crippen molar-refractivity contribution in [1.29, 1.82) is 0 Å². The number of hydrogen-bond donors (Lipinski definition) is 1. The molecule has 2 heterocycles. The van der Waals surface area contributed by atoms with Crippen molar-refractivity contribution in [3.05, 3.63) is 45.0 Å². The van der Waals surface area contributed by atoms with Gasteiger partial charge in [-0.25, -0.2) is 4.98 Å². The van der Waals surface area contributed by atoms with E-state index in [1.54, 1.807) is 23.5 Å². The number of thiazole rings is 1. The summed E-state index contributed by atoms with van der Waals surface area (Å²) >= 11 is 1.61. The van der Waals surface area contributed by atoms with Crippen LogP contribution in [0.15, 0.2) is 24.3 Å². The van der Waals surface area contributed by atoms with Crippen molar-refractivity contribution in [2.75, 3.05) is 6.54 Å². The summed E-state index contributed by atoms with van der Waals surface area (Å²) in [6.45, 7) is 1.80. The summed E-state index contributed by atoms with van der Waals surface area (Å²) in [6.07, 6.45) is 0.931. The maximum Gasteiger partial charge on any atom is 0.270 e. The van der Waals surface area contributed by atoms with E-state index in [2.05, 4.69) is 10.3 Å². The molecule has 0 unspecified atom stereocenters. The van der Waals surface area contributed by atoms with Crippen molar-refractivity contribution < 1.29 is 4.92 Å². The lowest BCUT2D eigenvalue weighted by Gasteiger charge is -2.09. The second-order valence-corrected chi connectivity index (χ2v) is 5.21. The largest absolute Gasteiger partial charge is 0.311 e. The van der Waals surface area contributed by atoms with E-state index < -0.39 is 0 Å². The monoisotopic (exact) mass is 261 g/mol. The van der Waals surface area contributed by atoms with Gasteiger partial charge in [0, 0.05) is 42.1 Å². The number of nitrogens with zero attached hydrogens (tertiary/aromatic N) is 2. The highest BCUT2D eigenvalue weighted by molar-refractivity contribution is 7.15. The van der Waals surface area contributed by atoms with Crippen LogP contribution in [0.3, 0.4) is 0 Å². The van der Waals surface area contributed by atoms with Crippen molar-refractivity contribution in [1.82, 2.24) is 10.3 Å². The van der Waals surface area contributed by atoms with Gasteiger partial charge >= 0.3 is 0 Å². The molecule has 0 saturated carbocycles. The normalized spacial score (nSPS) is 14.2. The van der Waals surface area contributed by atoms with Gasteiger partial charge in [0.2, 0.25) is 0 Å². The molecular weight excluding hydrogens is 250 g/mol. The molecule has 1 aromatic carbocycles. The Morgan fingerprint density at radius 1 is 1.44 bits per heavy atom.